The topological polar surface area (TPSA) is 60.3 Å². The van der Waals surface area contributed by atoms with Crippen LogP contribution in [-0.4, -0.2) is 29.4 Å². The Morgan fingerprint density at radius 2 is 1.71 bits per heavy atom. The lowest BCUT2D eigenvalue weighted by molar-refractivity contribution is -0.0242. The molecule has 3 heterocycles. The number of hydrogen-bond donors (Lipinski definition) is 1. The Hall–Kier alpha value is -3.84. The molecule has 1 N–H and O–H groups in total. The van der Waals surface area contributed by atoms with Crippen molar-refractivity contribution in [2.75, 3.05) is 13.1 Å². The van der Waals surface area contributed by atoms with Gasteiger partial charge in [0, 0.05) is 59.2 Å². The highest BCUT2D eigenvalue weighted by atomic mass is 19.1. The number of esters is 1. The minimum atomic E-state index is -0.691. The maximum Gasteiger partial charge on any atom is 0.340 e. The molecule has 1 spiro atoms. The third-order valence-corrected chi connectivity index (χ3v) is 7.01. The van der Waals surface area contributed by atoms with Gasteiger partial charge in [0.05, 0.1) is 5.56 Å². The van der Waals surface area contributed by atoms with Crippen LogP contribution in [0.5, 0.6) is 0 Å². The van der Waals surface area contributed by atoms with E-state index in [9.17, 15) is 18.4 Å². The highest BCUT2D eigenvalue weighted by Gasteiger charge is 2.47. The van der Waals surface area contributed by atoms with Crippen molar-refractivity contribution in [1.29, 1.82) is 0 Å². The van der Waals surface area contributed by atoms with Gasteiger partial charge < -0.3 is 14.6 Å². The van der Waals surface area contributed by atoms with Gasteiger partial charge in [-0.25, -0.2) is 13.6 Å². The van der Waals surface area contributed by atoms with Gasteiger partial charge in [0.25, 0.3) is 0 Å². The van der Waals surface area contributed by atoms with Crippen molar-refractivity contribution < 1.29 is 23.1 Å². The van der Waals surface area contributed by atoms with Gasteiger partial charge >= 0.3 is 5.97 Å². The minimum Gasteiger partial charge on any atom is -0.450 e. The molecule has 6 rings (SSSR count). The second-order valence-corrected chi connectivity index (χ2v) is 9.16. The van der Waals surface area contributed by atoms with E-state index in [0.29, 0.717) is 40.5 Å². The molecule has 2 aliphatic heterocycles. The van der Waals surface area contributed by atoms with Gasteiger partial charge in [0.2, 0.25) is 0 Å². The third kappa shape index (κ3) is 3.54. The second kappa shape index (κ2) is 8.13. The Bertz CT molecular complexity index is 1480. The van der Waals surface area contributed by atoms with Crippen molar-refractivity contribution in [3.05, 3.63) is 106 Å². The summed E-state index contributed by atoms with van der Waals surface area (Å²) in [6, 6.07) is 16.1. The Morgan fingerprint density at radius 1 is 0.971 bits per heavy atom. The number of rotatable bonds is 4. The fourth-order valence-corrected chi connectivity index (χ4v) is 5.43. The summed E-state index contributed by atoms with van der Waals surface area (Å²) in [5, 5.41) is 3.99. The molecule has 0 saturated carbocycles. The number of hydrogen-bond acceptors (Lipinski definition) is 4. The first-order valence-corrected chi connectivity index (χ1v) is 11.6. The average Bonchev–Trinajstić information content (AvgIpc) is 3.34. The first kappa shape index (κ1) is 21.7. The molecule has 3 aromatic carbocycles. The quantitative estimate of drug-likeness (QED) is 0.337. The van der Waals surface area contributed by atoms with Crippen LogP contribution in [0, 0.1) is 11.6 Å². The number of ketones is 1. The lowest BCUT2D eigenvalue weighted by Crippen LogP contribution is -2.39. The van der Waals surface area contributed by atoms with E-state index in [0.717, 1.165) is 30.2 Å². The zero-order valence-corrected chi connectivity index (χ0v) is 18.8. The highest BCUT2D eigenvalue weighted by molar-refractivity contribution is 6.20. The SMILES string of the molecule is O=C1OC2(CCNCC2)c2cccc(C(=O)c3cn(Cc4cc(F)cc(F)c4)c4ccccc34)c21. The summed E-state index contributed by atoms with van der Waals surface area (Å²) < 4.78 is 35.2. The molecule has 7 heteroatoms. The Labute approximate surface area is 200 Å². The number of piperidine rings is 1. The smallest absolute Gasteiger partial charge is 0.340 e. The molecule has 0 unspecified atom stereocenters. The second-order valence-electron chi connectivity index (χ2n) is 9.16. The molecule has 0 radical (unpaired) electrons. The van der Waals surface area contributed by atoms with Crippen molar-refractivity contribution in [3.8, 4) is 0 Å². The zero-order chi connectivity index (χ0) is 24.2. The van der Waals surface area contributed by atoms with E-state index >= 15 is 0 Å². The summed E-state index contributed by atoms with van der Waals surface area (Å²) in [4.78, 5) is 26.9. The van der Waals surface area contributed by atoms with E-state index in [1.165, 1.54) is 12.1 Å². The van der Waals surface area contributed by atoms with Crippen LogP contribution < -0.4 is 5.32 Å². The van der Waals surface area contributed by atoms with Crippen LogP contribution in [0.1, 0.15) is 50.2 Å². The molecule has 0 bridgehead atoms. The van der Waals surface area contributed by atoms with Gasteiger partial charge in [0.15, 0.2) is 5.78 Å². The predicted molar refractivity (Wildman–Crippen MR) is 126 cm³/mol. The zero-order valence-electron chi connectivity index (χ0n) is 18.8. The molecular weight excluding hydrogens is 450 g/mol. The number of fused-ring (bicyclic) bond motifs is 3. The van der Waals surface area contributed by atoms with Crippen molar-refractivity contribution in [3.63, 3.8) is 0 Å². The van der Waals surface area contributed by atoms with Crippen LogP contribution in [0.4, 0.5) is 8.78 Å². The summed E-state index contributed by atoms with van der Waals surface area (Å²) in [5.74, 6) is -2.06. The summed E-state index contributed by atoms with van der Waals surface area (Å²) in [6.07, 6.45) is 3.01. The first-order valence-electron chi connectivity index (χ1n) is 11.6. The third-order valence-electron chi connectivity index (χ3n) is 7.01. The Kier molecular flexibility index (Phi) is 5.04. The van der Waals surface area contributed by atoms with E-state index in [-0.39, 0.29) is 12.3 Å². The minimum absolute atomic E-state index is 0.188. The largest absolute Gasteiger partial charge is 0.450 e. The molecule has 0 aliphatic carbocycles. The van der Waals surface area contributed by atoms with E-state index in [1.807, 2.05) is 30.3 Å². The molecule has 5 nitrogen and oxygen atoms in total. The maximum atomic E-state index is 13.9. The van der Waals surface area contributed by atoms with Crippen molar-refractivity contribution >= 4 is 22.7 Å². The fourth-order valence-electron chi connectivity index (χ4n) is 5.43. The summed E-state index contributed by atoms with van der Waals surface area (Å²) in [7, 11) is 0. The first-order chi connectivity index (χ1) is 16.9. The summed E-state index contributed by atoms with van der Waals surface area (Å²) >= 11 is 0. The molecule has 1 fully saturated rings. The number of nitrogens with one attached hydrogen (secondary N) is 1. The monoisotopic (exact) mass is 472 g/mol. The molecule has 4 aromatic rings. The molecule has 35 heavy (non-hydrogen) atoms. The van der Waals surface area contributed by atoms with Gasteiger partial charge in [0.1, 0.15) is 17.2 Å². The maximum absolute atomic E-state index is 13.9. The Morgan fingerprint density at radius 3 is 2.49 bits per heavy atom. The van der Waals surface area contributed by atoms with Crippen LogP contribution in [0.25, 0.3) is 10.9 Å². The van der Waals surface area contributed by atoms with Gasteiger partial charge in [-0.2, -0.15) is 0 Å². The summed E-state index contributed by atoms with van der Waals surface area (Å²) in [6.45, 7) is 1.66. The standard InChI is InChI=1S/C28H22F2N2O3/c29-18-12-17(13-19(30)14-18)15-32-16-22(20-4-1-2-7-24(20)32)26(33)21-5-3-6-23-25(21)27(34)35-28(23)8-10-31-11-9-28/h1-7,12-14,16,31H,8-11,15H2. The summed E-state index contributed by atoms with van der Waals surface area (Å²) in [5.41, 5.74) is 2.35. The van der Waals surface area contributed by atoms with Crippen LogP contribution >= 0.6 is 0 Å². The number of carbonyl (C=O) groups excluding carboxylic acids is 2. The average molecular weight is 472 g/mol. The number of aromatic nitrogens is 1. The molecule has 0 atom stereocenters. The number of halogens is 2. The normalized spacial score (nSPS) is 16.5. The van der Waals surface area contributed by atoms with Crippen molar-refractivity contribution in [2.45, 2.75) is 25.0 Å². The number of para-hydroxylation sites is 1. The van der Waals surface area contributed by atoms with Crippen LogP contribution in [0.2, 0.25) is 0 Å². The lowest BCUT2D eigenvalue weighted by Gasteiger charge is -2.33. The van der Waals surface area contributed by atoms with Crippen LogP contribution in [-0.2, 0) is 16.9 Å². The van der Waals surface area contributed by atoms with Gasteiger partial charge in [-0.1, -0.05) is 36.4 Å². The van der Waals surface area contributed by atoms with Crippen LogP contribution in [0.3, 0.4) is 0 Å². The van der Waals surface area contributed by atoms with Crippen molar-refractivity contribution in [1.82, 2.24) is 9.88 Å². The van der Waals surface area contributed by atoms with Gasteiger partial charge in [-0.05, 0) is 36.9 Å². The molecule has 176 valence electrons. The molecule has 2 aliphatic rings. The lowest BCUT2D eigenvalue weighted by atomic mass is 9.82. The van der Waals surface area contributed by atoms with Gasteiger partial charge in [-0.15, -0.1) is 0 Å². The number of ether oxygens (including phenoxy) is 1. The molecular formula is C28H22F2N2O3. The van der Waals surface area contributed by atoms with Crippen molar-refractivity contribution in [2.24, 2.45) is 0 Å². The van der Waals surface area contributed by atoms with E-state index in [2.05, 4.69) is 5.32 Å². The predicted octanol–water partition coefficient (Wildman–Crippen LogP) is 4.95. The molecule has 1 saturated heterocycles. The number of nitrogens with zero attached hydrogens (tertiary/aromatic N) is 1. The van der Waals surface area contributed by atoms with E-state index < -0.39 is 23.2 Å². The molecule has 1 aromatic heterocycles. The van der Waals surface area contributed by atoms with Crippen LogP contribution in [0.15, 0.2) is 66.9 Å². The van der Waals surface area contributed by atoms with E-state index in [1.54, 1.807) is 22.9 Å². The fraction of sp³-hybridized carbons (Fsp3) is 0.214. The number of carbonyl (C=O) groups is 2. The van der Waals surface area contributed by atoms with Gasteiger partial charge in [-0.3, -0.25) is 4.79 Å². The molecule has 0 amide bonds. The number of benzene rings is 3. The Balaban J connectivity index is 1.45. The van der Waals surface area contributed by atoms with E-state index in [4.69, 9.17) is 4.74 Å². The highest BCUT2D eigenvalue weighted by Crippen LogP contribution is 2.44.